The van der Waals surface area contributed by atoms with Gasteiger partial charge in [0.2, 0.25) is 5.82 Å². The number of hydrogen-bond donors (Lipinski definition) is 1. The van der Waals surface area contributed by atoms with Crippen molar-refractivity contribution in [3.05, 3.63) is 11.4 Å². The summed E-state index contributed by atoms with van der Waals surface area (Å²) in [6.07, 6.45) is -0.572. The van der Waals surface area contributed by atoms with Gasteiger partial charge < -0.3 is 4.74 Å². The number of ether oxygens (including phenoxy) is 1. The van der Waals surface area contributed by atoms with Crippen molar-refractivity contribution < 1.29 is 18.3 Å². The minimum atomic E-state index is -2.83. The molecule has 0 fully saturated rings. The van der Waals surface area contributed by atoms with Gasteiger partial charge in [0.15, 0.2) is 5.82 Å². The molecule has 23 heavy (non-hydrogen) atoms. The van der Waals surface area contributed by atoms with Crippen molar-refractivity contribution in [2.75, 3.05) is 0 Å². The number of nitrogens with zero attached hydrogens (tertiary/aromatic N) is 6. The maximum Gasteiger partial charge on any atom is 0.410 e. The van der Waals surface area contributed by atoms with Crippen LogP contribution in [-0.2, 0) is 17.8 Å². The molecule has 1 aliphatic rings. The normalized spacial score (nSPS) is 14.4. The fraction of sp³-hybridized carbons (Fsp3) is 0.583. The van der Waals surface area contributed by atoms with E-state index in [0.29, 0.717) is 10.3 Å². The van der Waals surface area contributed by atoms with E-state index in [1.54, 1.807) is 20.8 Å². The van der Waals surface area contributed by atoms with E-state index in [0.717, 1.165) is 0 Å². The second-order valence-corrected chi connectivity index (χ2v) is 6.05. The van der Waals surface area contributed by atoms with Crippen LogP contribution in [0.25, 0.3) is 11.6 Å². The summed E-state index contributed by atoms with van der Waals surface area (Å²) < 4.78 is 32.8. The lowest BCUT2D eigenvalue weighted by molar-refractivity contribution is 0.0223. The lowest BCUT2D eigenvalue weighted by Crippen LogP contribution is -2.33. The van der Waals surface area contributed by atoms with Crippen LogP contribution >= 0.6 is 0 Å². The summed E-state index contributed by atoms with van der Waals surface area (Å²) in [4.78, 5) is 17.5. The number of carbonyl (C=O) groups excluding carboxylic acids is 1. The molecule has 3 heterocycles. The highest BCUT2D eigenvalue weighted by Gasteiger charge is 2.35. The molecule has 0 saturated heterocycles. The van der Waals surface area contributed by atoms with Crippen molar-refractivity contribution in [2.45, 2.75) is 46.0 Å². The Bertz CT molecular complexity index is 721. The number of imidazole rings is 1. The van der Waals surface area contributed by atoms with Gasteiger partial charge in [0.05, 0.1) is 24.5 Å². The molecule has 11 heteroatoms. The summed E-state index contributed by atoms with van der Waals surface area (Å²) in [5.41, 5.74) is -0.0485. The zero-order valence-electron chi connectivity index (χ0n) is 12.7. The largest absolute Gasteiger partial charge is 0.444 e. The Labute approximate surface area is 129 Å². The third-order valence-electron chi connectivity index (χ3n) is 3.17. The van der Waals surface area contributed by atoms with Crippen LogP contribution in [0.5, 0.6) is 0 Å². The van der Waals surface area contributed by atoms with Crippen molar-refractivity contribution >= 4 is 6.09 Å². The molecule has 3 rings (SSSR count). The van der Waals surface area contributed by atoms with Gasteiger partial charge in [0.25, 0.3) is 0 Å². The molecular weight excluding hydrogens is 312 g/mol. The molecule has 1 aliphatic heterocycles. The summed E-state index contributed by atoms with van der Waals surface area (Å²) in [6, 6.07) is 0. The number of alkyl halides is 2. The molecule has 1 amide bonds. The second-order valence-electron chi connectivity index (χ2n) is 6.05. The van der Waals surface area contributed by atoms with Crippen molar-refractivity contribution in [1.29, 1.82) is 0 Å². The quantitative estimate of drug-likeness (QED) is 0.901. The Morgan fingerprint density at radius 1 is 1.35 bits per heavy atom. The Hall–Kier alpha value is -2.59. The molecule has 124 valence electrons. The first-order valence-electron chi connectivity index (χ1n) is 6.86. The minimum Gasteiger partial charge on any atom is -0.444 e. The third kappa shape index (κ3) is 2.85. The number of carbonyl (C=O) groups is 1. The molecule has 0 unspecified atom stereocenters. The SMILES string of the molecule is CC(C)(C)OC(=O)N1Cc2nc(-c3nn[nH]n3)n(C(F)F)c2C1. The van der Waals surface area contributed by atoms with Gasteiger partial charge in [-0.1, -0.05) is 0 Å². The van der Waals surface area contributed by atoms with Crippen LogP contribution in [0.3, 0.4) is 0 Å². The van der Waals surface area contributed by atoms with E-state index >= 15 is 0 Å². The monoisotopic (exact) mass is 327 g/mol. The Morgan fingerprint density at radius 2 is 2.09 bits per heavy atom. The van der Waals surface area contributed by atoms with Gasteiger partial charge in [-0.05, 0) is 26.0 Å². The van der Waals surface area contributed by atoms with E-state index in [1.807, 2.05) is 0 Å². The summed E-state index contributed by atoms with van der Waals surface area (Å²) >= 11 is 0. The summed E-state index contributed by atoms with van der Waals surface area (Å²) in [6.45, 7) is 2.45. The molecule has 0 bridgehead atoms. The number of amides is 1. The van der Waals surface area contributed by atoms with Crippen LogP contribution in [0, 0.1) is 0 Å². The molecule has 0 atom stereocenters. The predicted molar refractivity (Wildman–Crippen MR) is 72.1 cm³/mol. The molecule has 0 aliphatic carbocycles. The Balaban J connectivity index is 1.88. The van der Waals surface area contributed by atoms with E-state index in [4.69, 9.17) is 4.74 Å². The summed E-state index contributed by atoms with van der Waals surface area (Å²) in [5, 5.41) is 12.9. The highest BCUT2D eigenvalue weighted by atomic mass is 19.3. The second kappa shape index (κ2) is 5.25. The van der Waals surface area contributed by atoms with Crippen LogP contribution in [0.15, 0.2) is 0 Å². The van der Waals surface area contributed by atoms with Crippen molar-refractivity contribution in [3.63, 3.8) is 0 Å². The Kier molecular flexibility index (Phi) is 3.49. The van der Waals surface area contributed by atoms with E-state index < -0.39 is 18.2 Å². The van der Waals surface area contributed by atoms with Crippen molar-refractivity contribution in [3.8, 4) is 11.6 Å². The highest BCUT2D eigenvalue weighted by Crippen LogP contribution is 2.32. The van der Waals surface area contributed by atoms with Gasteiger partial charge in [-0.3, -0.25) is 9.47 Å². The number of halogens is 2. The lowest BCUT2D eigenvalue weighted by atomic mass is 10.2. The maximum atomic E-state index is 13.4. The fourth-order valence-corrected chi connectivity index (χ4v) is 2.30. The number of fused-ring (bicyclic) bond motifs is 1. The van der Waals surface area contributed by atoms with Gasteiger partial charge in [0, 0.05) is 0 Å². The lowest BCUT2D eigenvalue weighted by Gasteiger charge is -2.24. The van der Waals surface area contributed by atoms with Crippen LogP contribution in [0.2, 0.25) is 0 Å². The average molecular weight is 327 g/mol. The summed E-state index contributed by atoms with van der Waals surface area (Å²) in [5.74, 6) is -0.105. The molecule has 0 spiro atoms. The topological polar surface area (TPSA) is 102 Å². The molecule has 0 aromatic carbocycles. The van der Waals surface area contributed by atoms with Crippen molar-refractivity contribution in [2.24, 2.45) is 0 Å². The van der Waals surface area contributed by atoms with Gasteiger partial charge in [-0.2, -0.15) is 14.0 Å². The maximum absolute atomic E-state index is 13.4. The molecule has 9 nitrogen and oxygen atoms in total. The highest BCUT2D eigenvalue weighted by molar-refractivity contribution is 5.69. The number of nitrogens with one attached hydrogen (secondary N) is 1. The number of rotatable bonds is 2. The fourth-order valence-electron chi connectivity index (χ4n) is 2.30. The molecule has 0 saturated carbocycles. The minimum absolute atomic E-state index is 0.0144. The van der Waals surface area contributed by atoms with Crippen LogP contribution < -0.4 is 0 Å². The summed E-state index contributed by atoms with van der Waals surface area (Å²) in [7, 11) is 0. The van der Waals surface area contributed by atoms with Gasteiger partial charge in [-0.25, -0.2) is 9.78 Å². The van der Waals surface area contributed by atoms with Crippen molar-refractivity contribution in [1.82, 2.24) is 35.1 Å². The molecule has 1 N–H and O–H groups in total. The molecule has 2 aromatic rings. The molecular formula is C12H15F2N7O2. The first kappa shape index (κ1) is 15.3. The van der Waals surface area contributed by atoms with Gasteiger partial charge in [-0.15, -0.1) is 10.2 Å². The third-order valence-corrected chi connectivity index (χ3v) is 3.17. The number of hydrogen-bond acceptors (Lipinski definition) is 6. The number of tetrazole rings is 1. The zero-order valence-corrected chi connectivity index (χ0v) is 12.7. The first-order valence-corrected chi connectivity index (χ1v) is 6.86. The van der Waals surface area contributed by atoms with E-state index in [9.17, 15) is 13.6 Å². The predicted octanol–water partition coefficient (Wildman–Crippen LogP) is 1.71. The van der Waals surface area contributed by atoms with E-state index in [1.165, 1.54) is 4.90 Å². The first-order chi connectivity index (χ1) is 10.8. The Morgan fingerprint density at radius 3 is 2.65 bits per heavy atom. The van der Waals surface area contributed by atoms with Crippen LogP contribution in [-0.4, -0.2) is 46.8 Å². The molecule has 0 radical (unpaired) electrons. The van der Waals surface area contributed by atoms with E-state index in [-0.39, 0.29) is 30.4 Å². The van der Waals surface area contributed by atoms with Gasteiger partial charge >= 0.3 is 12.6 Å². The standard InChI is InChI=1S/C12H15F2N7O2/c1-12(2,3)23-11(22)20-4-6-7(5-20)21(10(13)14)9(15-6)8-16-18-19-17-8/h10H,4-5H2,1-3H3,(H,16,17,18,19). The van der Waals surface area contributed by atoms with Crippen LogP contribution in [0.1, 0.15) is 38.7 Å². The van der Waals surface area contributed by atoms with E-state index in [2.05, 4.69) is 25.6 Å². The number of aromatic amines is 1. The number of aromatic nitrogens is 6. The zero-order chi connectivity index (χ0) is 16.8. The number of H-pyrrole nitrogens is 1. The van der Waals surface area contributed by atoms with Gasteiger partial charge in [0.1, 0.15) is 5.60 Å². The average Bonchev–Trinajstić information content (AvgIpc) is 3.10. The smallest absolute Gasteiger partial charge is 0.410 e. The van der Waals surface area contributed by atoms with Crippen LogP contribution in [0.4, 0.5) is 13.6 Å². The molecule has 2 aromatic heterocycles.